The summed E-state index contributed by atoms with van der Waals surface area (Å²) < 4.78 is 5.56. The monoisotopic (exact) mass is 470 g/mol. The van der Waals surface area contributed by atoms with Crippen LogP contribution in [0.4, 0.5) is 0 Å². The van der Waals surface area contributed by atoms with Gasteiger partial charge in [0.1, 0.15) is 0 Å². The molecule has 4 fully saturated rings. The minimum absolute atomic E-state index is 0.377. The Balaban J connectivity index is 0.00000133. The Hall–Kier alpha value is -0.830. The Labute approximate surface area is 211 Å². The fourth-order valence-electron chi connectivity index (χ4n) is 9.95. The van der Waals surface area contributed by atoms with Crippen LogP contribution >= 0.6 is 0 Å². The van der Waals surface area contributed by atoms with Gasteiger partial charge in [0.25, 0.3) is 0 Å². The van der Waals surface area contributed by atoms with Crippen LogP contribution in [0.25, 0.3) is 0 Å². The van der Waals surface area contributed by atoms with E-state index in [0.717, 1.165) is 48.7 Å². The second-order valence-electron chi connectivity index (χ2n) is 13.2. The molecule has 10 unspecified atom stereocenters. The van der Waals surface area contributed by atoms with Crippen LogP contribution in [-0.2, 0) is 4.74 Å². The SMILES string of the molecule is C=C1C=NN(CC(C)C2CCC3C4CCC5(C)CC(COC)CCC5C4CCC23C)C1C.CC. The van der Waals surface area contributed by atoms with Crippen molar-refractivity contribution in [3.63, 3.8) is 0 Å². The summed E-state index contributed by atoms with van der Waals surface area (Å²) in [6.07, 6.45) is 15.1. The summed E-state index contributed by atoms with van der Waals surface area (Å²) in [4.78, 5) is 0. The van der Waals surface area contributed by atoms with Gasteiger partial charge in [0.05, 0.1) is 12.3 Å². The first-order chi connectivity index (χ1) is 16.3. The molecule has 3 heteroatoms. The molecule has 0 aromatic heterocycles. The van der Waals surface area contributed by atoms with Crippen LogP contribution in [-0.4, -0.2) is 37.5 Å². The molecule has 0 N–H and O–H groups in total. The van der Waals surface area contributed by atoms with Gasteiger partial charge in [0.15, 0.2) is 0 Å². The number of hydrazone groups is 1. The van der Waals surface area contributed by atoms with Crippen molar-refractivity contribution in [2.45, 2.75) is 105 Å². The summed E-state index contributed by atoms with van der Waals surface area (Å²) in [5, 5.41) is 6.98. The van der Waals surface area contributed by atoms with Gasteiger partial charge in [0, 0.05) is 20.3 Å². The molecule has 10 atom stereocenters. The van der Waals surface area contributed by atoms with Gasteiger partial charge in [-0.3, -0.25) is 5.01 Å². The molecule has 0 aromatic carbocycles. The number of ether oxygens (including phenoxy) is 1. The minimum Gasteiger partial charge on any atom is -0.384 e. The number of methoxy groups -OCH3 is 1. The van der Waals surface area contributed by atoms with Crippen LogP contribution in [0.2, 0.25) is 0 Å². The van der Waals surface area contributed by atoms with Crippen LogP contribution < -0.4 is 0 Å². The van der Waals surface area contributed by atoms with E-state index in [2.05, 4.69) is 44.4 Å². The lowest BCUT2D eigenvalue weighted by Gasteiger charge is -2.60. The first kappa shape index (κ1) is 26.2. The predicted molar refractivity (Wildman–Crippen MR) is 145 cm³/mol. The van der Waals surface area contributed by atoms with Crippen LogP contribution in [0.5, 0.6) is 0 Å². The van der Waals surface area contributed by atoms with E-state index in [1.165, 1.54) is 63.4 Å². The first-order valence-electron chi connectivity index (χ1n) is 14.7. The maximum Gasteiger partial charge on any atom is 0.0701 e. The number of rotatable bonds is 5. The van der Waals surface area contributed by atoms with Crippen LogP contribution in [0.1, 0.15) is 99.3 Å². The van der Waals surface area contributed by atoms with E-state index in [1.807, 2.05) is 27.2 Å². The standard InChI is InChI=1S/C29H48N2O.C2H6/c1-19-16-30-31(21(19)3)17-20(2)25-9-10-27-24-11-13-28(4)15-22(18-32-6)7-8-26(28)23(24)12-14-29(25,27)5;1-2/h16,20-27H,1,7-15,17-18H2,2-6H3;1-2H3. The third-order valence-corrected chi connectivity index (χ3v) is 11.6. The van der Waals surface area contributed by atoms with E-state index in [1.54, 1.807) is 0 Å². The highest BCUT2D eigenvalue weighted by atomic mass is 16.5. The Morgan fingerprint density at radius 1 is 1.06 bits per heavy atom. The lowest BCUT2D eigenvalue weighted by atomic mass is 9.45. The molecule has 4 saturated carbocycles. The number of hydrogen-bond acceptors (Lipinski definition) is 3. The Bertz CT molecular complexity index is 748. The molecule has 194 valence electrons. The van der Waals surface area contributed by atoms with Gasteiger partial charge in [-0.25, -0.2) is 0 Å². The fraction of sp³-hybridized carbons (Fsp3) is 0.903. The highest BCUT2D eigenvalue weighted by Crippen LogP contribution is 2.67. The van der Waals surface area contributed by atoms with E-state index in [4.69, 9.17) is 4.74 Å². The summed E-state index contributed by atoms with van der Waals surface area (Å²) >= 11 is 0. The van der Waals surface area contributed by atoms with Crippen LogP contribution in [0, 0.1) is 52.3 Å². The second kappa shape index (κ2) is 10.3. The molecule has 0 saturated heterocycles. The molecule has 5 aliphatic rings. The molecule has 5 rings (SSSR count). The van der Waals surface area contributed by atoms with Crippen molar-refractivity contribution in [2.75, 3.05) is 20.3 Å². The van der Waals surface area contributed by atoms with Gasteiger partial charge in [-0.15, -0.1) is 0 Å². The number of nitrogens with zero attached hydrogens (tertiary/aromatic N) is 2. The molecule has 0 aromatic rings. The van der Waals surface area contributed by atoms with Crippen molar-refractivity contribution in [2.24, 2.45) is 57.4 Å². The molecule has 0 amide bonds. The van der Waals surface area contributed by atoms with Crippen molar-refractivity contribution in [3.05, 3.63) is 12.2 Å². The van der Waals surface area contributed by atoms with Gasteiger partial charge in [-0.05, 0) is 123 Å². The highest BCUT2D eigenvalue weighted by molar-refractivity contribution is 5.80. The molecule has 34 heavy (non-hydrogen) atoms. The average molecular weight is 471 g/mol. The maximum atomic E-state index is 5.56. The van der Waals surface area contributed by atoms with Crippen LogP contribution in [0.15, 0.2) is 17.3 Å². The van der Waals surface area contributed by atoms with Crippen LogP contribution in [0.3, 0.4) is 0 Å². The van der Waals surface area contributed by atoms with Gasteiger partial charge in [-0.1, -0.05) is 41.2 Å². The summed E-state index contributed by atoms with van der Waals surface area (Å²) in [5.41, 5.74) is 2.29. The number of hydrogen-bond donors (Lipinski definition) is 0. The first-order valence-corrected chi connectivity index (χ1v) is 14.7. The van der Waals surface area contributed by atoms with Crippen molar-refractivity contribution in [1.82, 2.24) is 5.01 Å². The van der Waals surface area contributed by atoms with Gasteiger partial charge < -0.3 is 4.74 Å². The summed E-state index contributed by atoms with van der Waals surface area (Å²) in [6, 6.07) is 0.377. The molecule has 4 aliphatic carbocycles. The summed E-state index contributed by atoms with van der Waals surface area (Å²) in [5.74, 6) is 6.30. The average Bonchev–Trinajstić information content (AvgIpc) is 3.34. The van der Waals surface area contributed by atoms with Gasteiger partial charge >= 0.3 is 0 Å². The third-order valence-electron chi connectivity index (χ3n) is 11.6. The van der Waals surface area contributed by atoms with Gasteiger partial charge in [0.2, 0.25) is 0 Å². The van der Waals surface area contributed by atoms with Crippen molar-refractivity contribution in [1.29, 1.82) is 0 Å². The van der Waals surface area contributed by atoms with Crippen molar-refractivity contribution < 1.29 is 4.74 Å². The van der Waals surface area contributed by atoms with Crippen molar-refractivity contribution in [3.8, 4) is 0 Å². The Morgan fingerprint density at radius 3 is 2.41 bits per heavy atom. The molecule has 0 bridgehead atoms. The summed E-state index contributed by atoms with van der Waals surface area (Å²) in [7, 11) is 1.89. The topological polar surface area (TPSA) is 24.8 Å². The maximum absolute atomic E-state index is 5.56. The molecular formula is C31H54N2O. The molecule has 1 heterocycles. The van der Waals surface area contributed by atoms with Crippen molar-refractivity contribution >= 4 is 6.21 Å². The molecular weight excluding hydrogens is 416 g/mol. The van der Waals surface area contributed by atoms with E-state index in [-0.39, 0.29) is 0 Å². The highest BCUT2D eigenvalue weighted by Gasteiger charge is 2.59. The van der Waals surface area contributed by atoms with E-state index in [0.29, 0.717) is 22.8 Å². The smallest absolute Gasteiger partial charge is 0.0701 e. The minimum atomic E-state index is 0.377. The normalized spacial score (nSPS) is 46.3. The third kappa shape index (κ3) is 4.41. The van der Waals surface area contributed by atoms with E-state index >= 15 is 0 Å². The lowest BCUT2D eigenvalue weighted by Crippen LogP contribution is -2.52. The molecule has 0 spiro atoms. The zero-order valence-corrected chi connectivity index (χ0v) is 23.5. The van der Waals surface area contributed by atoms with E-state index < -0.39 is 0 Å². The number of fused-ring (bicyclic) bond motifs is 5. The van der Waals surface area contributed by atoms with Gasteiger partial charge in [-0.2, -0.15) is 5.10 Å². The zero-order valence-electron chi connectivity index (χ0n) is 23.5. The summed E-state index contributed by atoms with van der Waals surface area (Å²) in [6.45, 7) is 20.4. The largest absolute Gasteiger partial charge is 0.384 e. The predicted octanol–water partition coefficient (Wildman–Crippen LogP) is 7.82. The molecule has 1 aliphatic heterocycles. The quantitative estimate of drug-likeness (QED) is 0.409. The second-order valence-corrected chi connectivity index (χ2v) is 13.2. The lowest BCUT2D eigenvalue weighted by molar-refractivity contribution is -0.112. The fourth-order valence-corrected chi connectivity index (χ4v) is 9.95. The zero-order chi connectivity index (χ0) is 24.7. The molecule has 0 radical (unpaired) electrons. The Kier molecular flexibility index (Phi) is 7.92. The van der Waals surface area contributed by atoms with E-state index in [9.17, 15) is 0 Å². The molecule has 3 nitrogen and oxygen atoms in total. The Morgan fingerprint density at radius 2 is 1.74 bits per heavy atom.